The Morgan fingerprint density at radius 1 is 1.17 bits per heavy atom. The minimum absolute atomic E-state index is 0.308. The fourth-order valence-corrected chi connectivity index (χ4v) is 1.24. The molecule has 0 radical (unpaired) electrons. The first-order valence-electron chi connectivity index (χ1n) is 3.90. The van der Waals surface area contributed by atoms with Gasteiger partial charge in [0, 0.05) is 0 Å². The monoisotopic (exact) mass is 180 g/mol. The molecule has 12 heavy (non-hydrogen) atoms. The summed E-state index contributed by atoms with van der Waals surface area (Å²) >= 11 is 0. The topological polar surface area (TPSA) is 125 Å². The van der Waals surface area contributed by atoms with Gasteiger partial charge in [0.15, 0.2) is 6.04 Å². The van der Waals surface area contributed by atoms with E-state index in [-0.39, 0.29) is 0 Å². The van der Waals surface area contributed by atoms with Crippen molar-refractivity contribution in [1.82, 2.24) is 0 Å². The lowest BCUT2D eigenvalue weighted by molar-refractivity contribution is -0.506. The van der Waals surface area contributed by atoms with Crippen molar-refractivity contribution in [3.05, 3.63) is 0 Å². The molecule has 0 aliphatic carbocycles. The van der Waals surface area contributed by atoms with Crippen LogP contribution in [0, 0.1) is 0 Å². The standard InChI is InChI=1S/C6H14N2O4/c7-1-2-4(9)5(10)3(8)6(11)12-2/h2-6,9-11H,1,7-8H2/p+2/t2-,3-,4-,5-,6-/m1/s1. The van der Waals surface area contributed by atoms with Gasteiger partial charge in [0.05, 0.1) is 0 Å². The van der Waals surface area contributed by atoms with E-state index >= 15 is 0 Å². The largest absolute Gasteiger partial charge is 0.387 e. The van der Waals surface area contributed by atoms with Crippen LogP contribution < -0.4 is 11.5 Å². The van der Waals surface area contributed by atoms with Crippen molar-refractivity contribution in [3.8, 4) is 0 Å². The lowest BCUT2D eigenvalue weighted by Gasteiger charge is -2.35. The van der Waals surface area contributed by atoms with Crippen molar-refractivity contribution in [2.75, 3.05) is 6.54 Å². The Bertz CT molecular complexity index is 152. The molecule has 0 amide bonds. The fraction of sp³-hybridized carbons (Fsp3) is 1.00. The number of ether oxygens (including phenoxy) is 1. The normalized spacial score (nSPS) is 49.2. The second-order valence-electron chi connectivity index (χ2n) is 3.00. The highest BCUT2D eigenvalue weighted by atomic mass is 16.6. The predicted octanol–water partition coefficient (Wildman–Crippen LogP) is -4.72. The molecule has 1 saturated heterocycles. The molecule has 9 N–H and O–H groups in total. The van der Waals surface area contributed by atoms with Gasteiger partial charge in [0.25, 0.3) is 0 Å². The van der Waals surface area contributed by atoms with E-state index in [9.17, 15) is 15.3 Å². The number of aliphatic hydroxyl groups is 3. The van der Waals surface area contributed by atoms with Gasteiger partial charge in [0.1, 0.15) is 24.9 Å². The predicted molar refractivity (Wildman–Crippen MR) is 37.3 cm³/mol. The van der Waals surface area contributed by atoms with E-state index in [2.05, 4.69) is 11.5 Å². The van der Waals surface area contributed by atoms with Crippen LogP contribution in [0.3, 0.4) is 0 Å². The van der Waals surface area contributed by atoms with Gasteiger partial charge in [0.2, 0.25) is 6.29 Å². The van der Waals surface area contributed by atoms with E-state index in [1.165, 1.54) is 0 Å². The van der Waals surface area contributed by atoms with Gasteiger partial charge in [-0.3, -0.25) is 0 Å². The average molecular weight is 180 g/mol. The zero-order valence-electron chi connectivity index (χ0n) is 6.76. The highest BCUT2D eigenvalue weighted by molar-refractivity contribution is 4.86. The first-order chi connectivity index (χ1) is 5.57. The zero-order chi connectivity index (χ0) is 9.30. The molecule has 5 atom stereocenters. The molecule has 0 aromatic heterocycles. The molecule has 0 aromatic rings. The SMILES string of the molecule is [NH3+]C[C@H]1O[C@@H](O)[C@H]([NH3+])[C@@H](O)[C@@H]1O. The summed E-state index contributed by atoms with van der Waals surface area (Å²) in [4.78, 5) is 0. The molecule has 6 nitrogen and oxygen atoms in total. The number of quaternary nitrogens is 2. The smallest absolute Gasteiger partial charge is 0.211 e. The summed E-state index contributed by atoms with van der Waals surface area (Å²) in [6.07, 6.45) is -3.77. The number of hydrogen-bond donors (Lipinski definition) is 5. The Balaban J connectivity index is 2.63. The molecule has 72 valence electrons. The zero-order valence-corrected chi connectivity index (χ0v) is 6.76. The Hall–Kier alpha value is -0.240. The van der Waals surface area contributed by atoms with Crippen LogP contribution in [0.5, 0.6) is 0 Å². The lowest BCUT2D eigenvalue weighted by atomic mass is 9.98. The molecule has 1 fully saturated rings. The third-order valence-corrected chi connectivity index (χ3v) is 2.13. The summed E-state index contributed by atoms with van der Waals surface area (Å²) in [7, 11) is 0. The van der Waals surface area contributed by atoms with Gasteiger partial charge >= 0.3 is 0 Å². The van der Waals surface area contributed by atoms with Crippen molar-refractivity contribution in [2.24, 2.45) is 0 Å². The fourth-order valence-electron chi connectivity index (χ4n) is 1.24. The summed E-state index contributed by atoms with van der Waals surface area (Å²) < 4.78 is 4.95. The van der Waals surface area contributed by atoms with Gasteiger partial charge in [-0.2, -0.15) is 0 Å². The van der Waals surface area contributed by atoms with Gasteiger partial charge in [-0.15, -0.1) is 0 Å². The average Bonchev–Trinajstić information content (AvgIpc) is 2.08. The maximum atomic E-state index is 9.36. The Morgan fingerprint density at radius 3 is 2.25 bits per heavy atom. The third-order valence-electron chi connectivity index (χ3n) is 2.13. The molecular formula is C6H16N2O4+2. The van der Waals surface area contributed by atoms with Gasteiger partial charge in [-0.25, -0.2) is 0 Å². The maximum Gasteiger partial charge on any atom is 0.211 e. The molecular weight excluding hydrogens is 164 g/mol. The van der Waals surface area contributed by atoms with E-state index in [4.69, 9.17) is 4.74 Å². The van der Waals surface area contributed by atoms with Crippen molar-refractivity contribution >= 4 is 0 Å². The molecule has 0 bridgehead atoms. The van der Waals surface area contributed by atoms with E-state index in [0.29, 0.717) is 6.54 Å². The molecule has 0 aromatic carbocycles. The molecule has 1 heterocycles. The lowest BCUT2D eigenvalue weighted by Crippen LogP contribution is -2.79. The molecule has 0 saturated carbocycles. The molecule has 1 aliphatic rings. The second-order valence-corrected chi connectivity index (χ2v) is 3.00. The van der Waals surface area contributed by atoms with Crippen LogP contribution in [0.1, 0.15) is 0 Å². The Labute approximate surface area is 69.7 Å². The van der Waals surface area contributed by atoms with Crippen LogP contribution in [0.25, 0.3) is 0 Å². The van der Waals surface area contributed by atoms with Gasteiger partial charge in [-0.05, 0) is 0 Å². The summed E-state index contributed by atoms with van der Waals surface area (Å²) in [6, 6.07) is -0.706. The summed E-state index contributed by atoms with van der Waals surface area (Å²) in [6.45, 7) is 0.308. The van der Waals surface area contributed by atoms with E-state index in [1.807, 2.05) is 0 Å². The molecule has 0 spiro atoms. The first-order valence-corrected chi connectivity index (χ1v) is 3.90. The summed E-state index contributed by atoms with van der Waals surface area (Å²) in [5, 5.41) is 27.9. The number of rotatable bonds is 1. The van der Waals surface area contributed by atoms with Gasteiger partial charge < -0.3 is 31.5 Å². The van der Waals surface area contributed by atoms with Crippen LogP contribution in [0.15, 0.2) is 0 Å². The Kier molecular flexibility index (Phi) is 2.99. The van der Waals surface area contributed by atoms with Crippen LogP contribution in [-0.2, 0) is 4.74 Å². The second kappa shape index (κ2) is 3.65. The van der Waals surface area contributed by atoms with Gasteiger partial charge in [-0.1, -0.05) is 0 Å². The van der Waals surface area contributed by atoms with Crippen LogP contribution in [0.2, 0.25) is 0 Å². The van der Waals surface area contributed by atoms with E-state index in [1.54, 1.807) is 0 Å². The highest BCUT2D eigenvalue weighted by Gasteiger charge is 2.44. The molecule has 1 rings (SSSR count). The number of aliphatic hydroxyl groups excluding tert-OH is 3. The third kappa shape index (κ3) is 1.58. The van der Waals surface area contributed by atoms with Crippen LogP contribution in [0.4, 0.5) is 0 Å². The summed E-state index contributed by atoms with van der Waals surface area (Å²) in [5.41, 5.74) is 7.00. The molecule has 1 aliphatic heterocycles. The van der Waals surface area contributed by atoms with Crippen molar-refractivity contribution in [3.63, 3.8) is 0 Å². The summed E-state index contributed by atoms with van der Waals surface area (Å²) in [5.74, 6) is 0. The van der Waals surface area contributed by atoms with E-state index < -0.39 is 30.6 Å². The molecule has 6 heteroatoms. The molecule has 0 unspecified atom stereocenters. The minimum Gasteiger partial charge on any atom is -0.387 e. The maximum absolute atomic E-state index is 9.36. The quantitative estimate of drug-likeness (QED) is 0.278. The Morgan fingerprint density at radius 2 is 1.75 bits per heavy atom. The van der Waals surface area contributed by atoms with Crippen molar-refractivity contribution in [1.29, 1.82) is 0 Å². The van der Waals surface area contributed by atoms with Crippen LogP contribution in [-0.4, -0.2) is 52.5 Å². The van der Waals surface area contributed by atoms with Crippen molar-refractivity contribution < 1.29 is 31.5 Å². The van der Waals surface area contributed by atoms with E-state index in [0.717, 1.165) is 0 Å². The first kappa shape index (κ1) is 9.85. The highest BCUT2D eigenvalue weighted by Crippen LogP contribution is 2.15. The van der Waals surface area contributed by atoms with Crippen LogP contribution >= 0.6 is 0 Å². The van der Waals surface area contributed by atoms with Crippen molar-refractivity contribution in [2.45, 2.75) is 30.6 Å². The minimum atomic E-state index is -1.12. The number of hydrogen-bond acceptors (Lipinski definition) is 4.